The molecule has 1 aromatic rings. The summed E-state index contributed by atoms with van der Waals surface area (Å²) < 4.78 is 0. The maximum atomic E-state index is 9.85. The number of aliphatic hydroxyl groups excluding tert-OH is 1. The van der Waals surface area contributed by atoms with E-state index in [-0.39, 0.29) is 24.1 Å². The number of hydrogen-bond donors (Lipinski definition) is 4. The van der Waals surface area contributed by atoms with Gasteiger partial charge < -0.3 is 20.6 Å². The van der Waals surface area contributed by atoms with Gasteiger partial charge in [-0.2, -0.15) is 0 Å². The van der Waals surface area contributed by atoms with Crippen LogP contribution in [0.4, 0.5) is 0 Å². The van der Waals surface area contributed by atoms with Gasteiger partial charge >= 0.3 is 0 Å². The topological polar surface area (TPSA) is 72.7 Å². The lowest BCUT2D eigenvalue weighted by molar-refractivity contribution is 0.131. The molecule has 1 aliphatic rings. The summed E-state index contributed by atoms with van der Waals surface area (Å²) in [5.41, 5.74) is 0.710. The lowest BCUT2D eigenvalue weighted by Crippen LogP contribution is -2.33. The number of phenolic OH excluding ortho intramolecular Hbond substituents is 2. The van der Waals surface area contributed by atoms with Gasteiger partial charge in [-0.25, -0.2) is 0 Å². The molecule has 0 amide bonds. The fourth-order valence-corrected chi connectivity index (χ4v) is 3.12. The average Bonchev–Trinajstić information content (AvgIpc) is 2.47. The monoisotopic (exact) mass is 279 g/mol. The van der Waals surface area contributed by atoms with Crippen LogP contribution >= 0.6 is 0 Å². The Balaban J connectivity index is 1.94. The Morgan fingerprint density at radius 2 is 1.90 bits per heavy atom. The number of rotatable bonds is 5. The van der Waals surface area contributed by atoms with Crippen LogP contribution in [0, 0.1) is 11.8 Å². The van der Waals surface area contributed by atoms with Crippen molar-refractivity contribution in [1.82, 2.24) is 5.32 Å². The smallest absolute Gasteiger partial charge is 0.120 e. The van der Waals surface area contributed by atoms with E-state index in [1.165, 1.54) is 25.0 Å². The van der Waals surface area contributed by atoms with Crippen molar-refractivity contribution in [2.45, 2.75) is 38.6 Å². The van der Waals surface area contributed by atoms with Crippen molar-refractivity contribution >= 4 is 0 Å². The highest BCUT2D eigenvalue weighted by Crippen LogP contribution is 2.31. The Bertz CT molecular complexity index is 436. The molecule has 3 unspecified atom stereocenters. The molecule has 1 fully saturated rings. The Kier molecular flexibility index (Phi) is 5.26. The highest BCUT2D eigenvalue weighted by molar-refractivity contribution is 5.40. The Morgan fingerprint density at radius 1 is 1.20 bits per heavy atom. The van der Waals surface area contributed by atoms with Gasteiger partial charge in [0.15, 0.2) is 0 Å². The van der Waals surface area contributed by atoms with Gasteiger partial charge in [-0.3, -0.25) is 0 Å². The Labute approximate surface area is 120 Å². The molecule has 0 aromatic heterocycles. The van der Waals surface area contributed by atoms with Gasteiger partial charge in [0.25, 0.3) is 0 Å². The van der Waals surface area contributed by atoms with E-state index in [4.69, 9.17) is 0 Å². The van der Waals surface area contributed by atoms with Crippen LogP contribution in [0.3, 0.4) is 0 Å². The standard InChI is InChI=1S/C16H25NO3/c1-11(15-8-14(19)6-7-16(15)20)17-9-12-4-2-3-5-13(12)10-18/h6-8,11-13,17-20H,2-5,9-10H2,1H3. The number of aliphatic hydroxyl groups is 1. The van der Waals surface area contributed by atoms with Crippen LogP contribution in [0.5, 0.6) is 11.5 Å². The molecule has 1 aliphatic carbocycles. The summed E-state index contributed by atoms with van der Waals surface area (Å²) in [6.45, 7) is 3.07. The second kappa shape index (κ2) is 6.95. The fraction of sp³-hybridized carbons (Fsp3) is 0.625. The maximum Gasteiger partial charge on any atom is 0.120 e. The first kappa shape index (κ1) is 15.1. The van der Waals surface area contributed by atoms with Crippen LogP contribution in [-0.4, -0.2) is 28.5 Å². The Morgan fingerprint density at radius 3 is 2.60 bits per heavy atom. The van der Waals surface area contributed by atoms with Crippen molar-refractivity contribution in [1.29, 1.82) is 0 Å². The molecule has 3 atom stereocenters. The first-order valence-electron chi connectivity index (χ1n) is 7.48. The van der Waals surface area contributed by atoms with Crippen molar-refractivity contribution in [3.63, 3.8) is 0 Å². The van der Waals surface area contributed by atoms with E-state index >= 15 is 0 Å². The Hall–Kier alpha value is -1.26. The van der Waals surface area contributed by atoms with Crippen LogP contribution in [0.15, 0.2) is 18.2 Å². The van der Waals surface area contributed by atoms with E-state index in [0.29, 0.717) is 17.4 Å². The van der Waals surface area contributed by atoms with Crippen LogP contribution in [0.25, 0.3) is 0 Å². The van der Waals surface area contributed by atoms with E-state index in [1.807, 2.05) is 6.92 Å². The minimum absolute atomic E-state index is 0.0247. The maximum absolute atomic E-state index is 9.85. The van der Waals surface area contributed by atoms with Gasteiger partial charge in [-0.05, 0) is 56.3 Å². The van der Waals surface area contributed by atoms with Gasteiger partial charge in [-0.15, -0.1) is 0 Å². The molecule has 0 bridgehead atoms. The molecular formula is C16H25NO3. The van der Waals surface area contributed by atoms with Crippen LogP contribution in [0.2, 0.25) is 0 Å². The molecule has 4 N–H and O–H groups in total. The SMILES string of the molecule is CC(NCC1CCCCC1CO)c1cc(O)ccc1O. The summed E-state index contributed by atoms with van der Waals surface area (Å²) in [7, 11) is 0. The fourth-order valence-electron chi connectivity index (χ4n) is 3.12. The zero-order chi connectivity index (χ0) is 14.5. The molecule has 2 rings (SSSR count). The predicted molar refractivity (Wildman–Crippen MR) is 78.7 cm³/mol. The van der Waals surface area contributed by atoms with Gasteiger partial charge in [0.1, 0.15) is 11.5 Å². The third kappa shape index (κ3) is 3.64. The van der Waals surface area contributed by atoms with E-state index in [2.05, 4.69) is 5.32 Å². The third-order valence-corrected chi connectivity index (χ3v) is 4.46. The number of hydrogen-bond acceptors (Lipinski definition) is 4. The third-order valence-electron chi connectivity index (χ3n) is 4.46. The molecule has 112 valence electrons. The number of benzene rings is 1. The second-order valence-electron chi connectivity index (χ2n) is 5.86. The van der Waals surface area contributed by atoms with Crippen molar-refractivity contribution in [3.05, 3.63) is 23.8 Å². The lowest BCUT2D eigenvalue weighted by atomic mass is 9.79. The molecule has 20 heavy (non-hydrogen) atoms. The van der Waals surface area contributed by atoms with Crippen molar-refractivity contribution in [3.8, 4) is 11.5 Å². The van der Waals surface area contributed by atoms with E-state index in [0.717, 1.165) is 19.4 Å². The van der Waals surface area contributed by atoms with Crippen molar-refractivity contribution < 1.29 is 15.3 Å². The van der Waals surface area contributed by atoms with Crippen LogP contribution in [0.1, 0.15) is 44.2 Å². The highest BCUT2D eigenvalue weighted by atomic mass is 16.3. The predicted octanol–water partition coefficient (Wildman–Crippen LogP) is 2.55. The van der Waals surface area contributed by atoms with Crippen molar-refractivity contribution in [2.75, 3.05) is 13.2 Å². The zero-order valence-corrected chi connectivity index (χ0v) is 12.0. The highest BCUT2D eigenvalue weighted by Gasteiger charge is 2.24. The summed E-state index contributed by atoms with van der Waals surface area (Å²) in [4.78, 5) is 0. The van der Waals surface area contributed by atoms with Crippen LogP contribution < -0.4 is 5.32 Å². The minimum atomic E-state index is -0.0247. The van der Waals surface area contributed by atoms with E-state index in [1.54, 1.807) is 6.07 Å². The normalized spacial score (nSPS) is 24.5. The molecule has 0 saturated heterocycles. The largest absolute Gasteiger partial charge is 0.508 e. The molecule has 4 heteroatoms. The molecular weight excluding hydrogens is 254 g/mol. The zero-order valence-electron chi connectivity index (χ0n) is 12.0. The van der Waals surface area contributed by atoms with Crippen molar-refractivity contribution in [2.24, 2.45) is 11.8 Å². The van der Waals surface area contributed by atoms with Gasteiger partial charge in [0.05, 0.1) is 0 Å². The molecule has 0 aliphatic heterocycles. The van der Waals surface area contributed by atoms with Gasteiger partial charge in [0.2, 0.25) is 0 Å². The molecule has 1 aromatic carbocycles. The number of phenols is 2. The molecule has 1 saturated carbocycles. The number of nitrogens with one attached hydrogen (secondary N) is 1. The van der Waals surface area contributed by atoms with E-state index < -0.39 is 0 Å². The van der Waals surface area contributed by atoms with E-state index in [9.17, 15) is 15.3 Å². The molecule has 0 heterocycles. The van der Waals surface area contributed by atoms with Crippen LogP contribution in [-0.2, 0) is 0 Å². The quantitative estimate of drug-likeness (QED) is 0.625. The van der Waals surface area contributed by atoms with Gasteiger partial charge in [-0.1, -0.05) is 12.8 Å². The molecule has 4 nitrogen and oxygen atoms in total. The first-order valence-corrected chi connectivity index (χ1v) is 7.48. The lowest BCUT2D eigenvalue weighted by Gasteiger charge is -2.31. The molecule has 0 radical (unpaired) electrons. The summed E-state index contributed by atoms with van der Waals surface area (Å²) in [5, 5.41) is 32.2. The second-order valence-corrected chi connectivity index (χ2v) is 5.86. The summed E-state index contributed by atoms with van der Waals surface area (Å²) in [5.74, 6) is 1.25. The number of aromatic hydroxyl groups is 2. The average molecular weight is 279 g/mol. The first-order chi connectivity index (χ1) is 9.61. The van der Waals surface area contributed by atoms with Gasteiger partial charge in [0, 0.05) is 18.2 Å². The summed E-state index contributed by atoms with van der Waals surface area (Å²) >= 11 is 0. The molecule has 0 spiro atoms. The summed E-state index contributed by atoms with van der Waals surface area (Å²) in [6, 6.07) is 4.56. The minimum Gasteiger partial charge on any atom is -0.508 e. The summed E-state index contributed by atoms with van der Waals surface area (Å²) in [6.07, 6.45) is 4.70.